The number of hydrogen-bond acceptors (Lipinski definition) is 3. The first-order valence-electron chi connectivity index (χ1n) is 7.41. The van der Waals surface area contributed by atoms with Crippen molar-refractivity contribution in [3.8, 4) is 0 Å². The van der Waals surface area contributed by atoms with Crippen molar-refractivity contribution in [3.05, 3.63) is 0 Å². The molecule has 2 saturated heterocycles. The SMILES string of the molecule is CCC1(N2CCOCC2)CC(C)(C)NC(C)(C)C1. The summed E-state index contributed by atoms with van der Waals surface area (Å²) in [6, 6.07) is 0. The predicted octanol–water partition coefficient (Wildman–Crippen LogP) is 2.41. The highest BCUT2D eigenvalue weighted by Gasteiger charge is 2.49. The third-order valence-electron chi connectivity index (χ3n) is 4.56. The van der Waals surface area contributed by atoms with Crippen LogP contribution in [0.15, 0.2) is 0 Å². The molecule has 0 saturated carbocycles. The zero-order valence-corrected chi connectivity index (χ0v) is 12.8. The van der Waals surface area contributed by atoms with Crippen LogP contribution in [0.5, 0.6) is 0 Å². The van der Waals surface area contributed by atoms with Gasteiger partial charge in [-0.05, 0) is 47.0 Å². The van der Waals surface area contributed by atoms with Gasteiger partial charge in [-0.1, -0.05) is 6.92 Å². The van der Waals surface area contributed by atoms with Crippen molar-refractivity contribution in [1.82, 2.24) is 10.2 Å². The first kappa shape index (κ1) is 14.3. The molecular weight excluding hydrogens is 224 g/mol. The highest BCUT2D eigenvalue weighted by atomic mass is 16.5. The van der Waals surface area contributed by atoms with Gasteiger partial charge in [-0.3, -0.25) is 4.90 Å². The molecule has 0 aromatic heterocycles. The molecule has 2 heterocycles. The van der Waals surface area contributed by atoms with Crippen LogP contribution >= 0.6 is 0 Å². The molecule has 2 fully saturated rings. The first-order valence-corrected chi connectivity index (χ1v) is 7.41. The Labute approximate surface area is 112 Å². The lowest BCUT2D eigenvalue weighted by Gasteiger charge is -2.57. The first-order chi connectivity index (χ1) is 8.29. The van der Waals surface area contributed by atoms with Crippen molar-refractivity contribution >= 4 is 0 Å². The van der Waals surface area contributed by atoms with Crippen molar-refractivity contribution in [2.75, 3.05) is 26.3 Å². The van der Waals surface area contributed by atoms with Gasteiger partial charge >= 0.3 is 0 Å². The van der Waals surface area contributed by atoms with E-state index in [2.05, 4.69) is 44.8 Å². The van der Waals surface area contributed by atoms with Gasteiger partial charge in [0.05, 0.1) is 13.2 Å². The van der Waals surface area contributed by atoms with Gasteiger partial charge < -0.3 is 10.1 Å². The molecule has 1 N–H and O–H groups in total. The zero-order valence-electron chi connectivity index (χ0n) is 12.8. The number of ether oxygens (including phenoxy) is 1. The second-order valence-electron chi connectivity index (χ2n) is 7.42. The summed E-state index contributed by atoms with van der Waals surface area (Å²) in [5.41, 5.74) is 0.786. The Hall–Kier alpha value is -0.120. The molecule has 3 heteroatoms. The van der Waals surface area contributed by atoms with E-state index < -0.39 is 0 Å². The lowest BCUT2D eigenvalue weighted by Crippen LogP contribution is -2.68. The number of nitrogens with one attached hydrogen (secondary N) is 1. The lowest BCUT2D eigenvalue weighted by molar-refractivity contribution is -0.0691. The molecule has 0 aliphatic carbocycles. The van der Waals surface area contributed by atoms with Gasteiger partial charge in [0.15, 0.2) is 0 Å². The fourth-order valence-electron chi connectivity index (χ4n) is 4.45. The number of morpholine rings is 1. The van der Waals surface area contributed by atoms with Gasteiger partial charge in [0.2, 0.25) is 0 Å². The van der Waals surface area contributed by atoms with Gasteiger partial charge in [-0.25, -0.2) is 0 Å². The standard InChI is InChI=1S/C15H30N2O/c1-6-15(17-7-9-18-10-8-17)11-13(2,3)16-14(4,5)12-15/h16H,6-12H2,1-5H3. The molecule has 2 rings (SSSR count). The molecular formula is C15H30N2O. The number of hydrogen-bond donors (Lipinski definition) is 1. The Morgan fingerprint density at radius 3 is 1.94 bits per heavy atom. The Balaban J connectivity index is 2.24. The van der Waals surface area contributed by atoms with Crippen LogP contribution < -0.4 is 5.32 Å². The van der Waals surface area contributed by atoms with Crippen LogP contribution in [0.4, 0.5) is 0 Å². The van der Waals surface area contributed by atoms with Crippen molar-refractivity contribution < 1.29 is 4.74 Å². The van der Waals surface area contributed by atoms with Gasteiger partial charge in [0.25, 0.3) is 0 Å². The van der Waals surface area contributed by atoms with E-state index in [-0.39, 0.29) is 11.1 Å². The van der Waals surface area contributed by atoms with E-state index in [1.165, 1.54) is 19.3 Å². The van der Waals surface area contributed by atoms with Gasteiger partial charge in [0.1, 0.15) is 0 Å². The van der Waals surface area contributed by atoms with E-state index in [0.29, 0.717) is 5.54 Å². The predicted molar refractivity (Wildman–Crippen MR) is 75.9 cm³/mol. The maximum atomic E-state index is 5.53. The molecule has 0 spiro atoms. The summed E-state index contributed by atoms with van der Waals surface area (Å²) in [4.78, 5) is 2.70. The Bertz CT molecular complexity index is 277. The quantitative estimate of drug-likeness (QED) is 0.819. The van der Waals surface area contributed by atoms with Crippen molar-refractivity contribution in [2.24, 2.45) is 0 Å². The smallest absolute Gasteiger partial charge is 0.0594 e. The molecule has 0 atom stereocenters. The van der Waals surface area contributed by atoms with E-state index in [9.17, 15) is 0 Å². The maximum Gasteiger partial charge on any atom is 0.0594 e. The monoisotopic (exact) mass is 254 g/mol. The van der Waals surface area contributed by atoms with E-state index in [1.807, 2.05) is 0 Å². The van der Waals surface area contributed by atoms with Crippen LogP contribution in [-0.4, -0.2) is 47.8 Å². The summed E-state index contributed by atoms with van der Waals surface area (Å²) in [7, 11) is 0. The Morgan fingerprint density at radius 1 is 1.00 bits per heavy atom. The average Bonchev–Trinajstić information content (AvgIpc) is 2.26. The summed E-state index contributed by atoms with van der Waals surface area (Å²) in [6.45, 7) is 15.7. The van der Waals surface area contributed by atoms with E-state index in [0.717, 1.165) is 26.3 Å². The maximum absolute atomic E-state index is 5.53. The Kier molecular flexibility index (Phi) is 3.79. The average molecular weight is 254 g/mol. The summed E-state index contributed by atoms with van der Waals surface area (Å²) in [5.74, 6) is 0. The van der Waals surface area contributed by atoms with Crippen molar-refractivity contribution in [3.63, 3.8) is 0 Å². The van der Waals surface area contributed by atoms with Crippen LogP contribution in [0.3, 0.4) is 0 Å². The van der Waals surface area contributed by atoms with Gasteiger partial charge in [-0.2, -0.15) is 0 Å². The lowest BCUT2D eigenvalue weighted by atomic mass is 9.68. The summed E-state index contributed by atoms with van der Waals surface area (Å²) in [6.07, 6.45) is 3.71. The van der Waals surface area contributed by atoms with Crippen molar-refractivity contribution in [1.29, 1.82) is 0 Å². The van der Waals surface area contributed by atoms with Crippen LogP contribution in [-0.2, 0) is 4.74 Å². The largest absolute Gasteiger partial charge is 0.379 e. The minimum Gasteiger partial charge on any atom is -0.379 e. The molecule has 2 aliphatic heterocycles. The third-order valence-corrected chi connectivity index (χ3v) is 4.56. The Morgan fingerprint density at radius 2 is 1.50 bits per heavy atom. The summed E-state index contributed by atoms with van der Waals surface area (Å²) >= 11 is 0. The molecule has 3 nitrogen and oxygen atoms in total. The highest BCUT2D eigenvalue weighted by molar-refractivity contribution is 5.08. The van der Waals surface area contributed by atoms with Gasteiger partial charge in [-0.15, -0.1) is 0 Å². The molecule has 0 amide bonds. The van der Waals surface area contributed by atoms with Gasteiger partial charge in [0, 0.05) is 29.7 Å². The van der Waals surface area contributed by atoms with Crippen LogP contribution in [0.25, 0.3) is 0 Å². The normalized spacial score (nSPS) is 31.2. The molecule has 0 bridgehead atoms. The van der Waals surface area contributed by atoms with E-state index >= 15 is 0 Å². The van der Waals surface area contributed by atoms with Crippen LogP contribution in [0.2, 0.25) is 0 Å². The second kappa shape index (κ2) is 4.77. The topological polar surface area (TPSA) is 24.5 Å². The van der Waals surface area contributed by atoms with Crippen molar-refractivity contribution in [2.45, 2.75) is 70.5 Å². The molecule has 0 radical (unpaired) electrons. The molecule has 18 heavy (non-hydrogen) atoms. The molecule has 0 aromatic carbocycles. The number of nitrogens with zero attached hydrogens (tertiary/aromatic N) is 1. The molecule has 2 aliphatic rings. The highest BCUT2D eigenvalue weighted by Crippen LogP contribution is 2.42. The molecule has 106 valence electrons. The summed E-state index contributed by atoms with van der Waals surface area (Å²) < 4.78 is 5.53. The minimum atomic E-state index is 0.218. The van der Waals surface area contributed by atoms with E-state index in [4.69, 9.17) is 4.74 Å². The zero-order chi connectivity index (χ0) is 13.4. The van der Waals surface area contributed by atoms with Crippen LogP contribution in [0, 0.1) is 0 Å². The molecule has 0 unspecified atom stereocenters. The molecule has 0 aromatic rings. The fourth-order valence-corrected chi connectivity index (χ4v) is 4.45. The fraction of sp³-hybridized carbons (Fsp3) is 1.00. The van der Waals surface area contributed by atoms with E-state index in [1.54, 1.807) is 0 Å². The summed E-state index contributed by atoms with van der Waals surface area (Å²) in [5, 5.41) is 3.80. The second-order valence-corrected chi connectivity index (χ2v) is 7.42. The minimum absolute atomic E-state index is 0.218. The third kappa shape index (κ3) is 2.89. The number of piperidine rings is 1. The van der Waals surface area contributed by atoms with Crippen LogP contribution in [0.1, 0.15) is 53.9 Å². The number of rotatable bonds is 2.